The number of nitrogens with one attached hydrogen (secondary N) is 4. The molecule has 0 spiro atoms. The van der Waals surface area contributed by atoms with Crippen LogP contribution < -0.4 is 13.2 Å². The summed E-state index contributed by atoms with van der Waals surface area (Å²) in [6.07, 6.45) is 9.54. The molecule has 152 valence electrons. The summed E-state index contributed by atoms with van der Waals surface area (Å²) in [4.78, 5) is 0. The van der Waals surface area contributed by atoms with Gasteiger partial charge in [-0.25, -0.2) is 0 Å². The normalized spacial score (nSPS) is 13.0. The zero-order valence-corrected chi connectivity index (χ0v) is 22.1. The standard InChI is InChI=1S/4C5H12N.Hf/c4*1-3-5(6)4-2;/h4*5-6H,3-4H2,1-2H3;/q4*-1;+4. The Balaban J connectivity index is 5.69. The molecule has 5 heteroatoms. The second-order valence-corrected chi connectivity index (χ2v) is 16.9. The summed E-state index contributed by atoms with van der Waals surface area (Å²) in [6.45, 7) is 18.5. The molecule has 0 amide bonds. The Hall–Kier alpha value is 0.710. The first-order valence-electron chi connectivity index (χ1n) is 11.1. The van der Waals surface area contributed by atoms with Gasteiger partial charge in [0.1, 0.15) is 0 Å². The molecule has 0 atom stereocenters. The van der Waals surface area contributed by atoms with Crippen molar-refractivity contribution in [1.82, 2.24) is 13.2 Å². The van der Waals surface area contributed by atoms with Crippen LogP contribution >= 0.6 is 0 Å². The molecule has 0 fully saturated rings. The Kier molecular flexibility index (Phi) is 15.1. The van der Waals surface area contributed by atoms with E-state index < -0.39 is 21.1 Å². The molecule has 0 rings (SSSR count). The number of hydrogen-bond donors (Lipinski definition) is 4. The predicted octanol–water partition coefficient (Wildman–Crippen LogP) is 4.91. The molecule has 0 aliphatic carbocycles. The van der Waals surface area contributed by atoms with E-state index >= 15 is 0 Å². The summed E-state index contributed by atoms with van der Waals surface area (Å²) in [7, 11) is 0. The van der Waals surface area contributed by atoms with Gasteiger partial charge in [0.25, 0.3) is 0 Å². The topological polar surface area (TPSA) is 48.1 Å². The number of hydrogen-bond acceptors (Lipinski definition) is 4. The molecule has 4 nitrogen and oxygen atoms in total. The van der Waals surface area contributed by atoms with Crippen LogP contribution in [0.2, 0.25) is 0 Å². The Morgan fingerprint density at radius 3 is 0.680 bits per heavy atom. The third-order valence-corrected chi connectivity index (χ3v) is 17.7. The van der Waals surface area contributed by atoms with Gasteiger partial charge in [0, 0.05) is 0 Å². The van der Waals surface area contributed by atoms with E-state index in [0.717, 1.165) is 0 Å². The maximum atomic E-state index is 4.15. The molecule has 0 aromatic heterocycles. The second kappa shape index (κ2) is 14.7. The maximum absolute atomic E-state index is 4.15. The van der Waals surface area contributed by atoms with Crippen LogP contribution in [0.5, 0.6) is 0 Å². The monoisotopic (exact) mass is 524 g/mol. The molecular formula is C20H48HfN4. The Morgan fingerprint density at radius 2 is 0.560 bits per heavy atom. The zero-order chi connectivity index (χ0) is 19.3. The predicted molar refractivity (Wildman–Crippen MR) is 110 cm³/mol. The van der Waals surface area contributed by atoms with Crippen LogP contribution in [0.4, 0.5) is 0 Å². The molecule has 4 N–H and O–H groups in total. The first kappa shape index (κ1) is 25.7. The Labute approximate surface area is 165 Å². The van der Waals surface area contributed by atoms with E-state index in [1.807, 2.05) is 0 Å². The first-order chi connectivity index (χ1) is 12.0. The van der Waals surface area contributed by atoms with Gasteiger partial charge in [-0.05, 0) is 0 Å². The molecule has 0 saturated carbocycles. The van der Waals surface area contributed by atoms with Gasteiger partial charge < -0.3 is 0 Å². The van der Waals surface area contributed by atoms with E-state index in [-0.39, 0.29) is 0 Å². The Bertz CT molecular complexity index is 237. The average Bonchev–Trinajstić information content (AvgIpc) is 2.66. The summed E-state index contributed by atoms with van der Waals surface area (Å²) in [5.74, 6) is 0. The van der Waals surface area contributed by atoms with Crippen molar-refractivity contribution >= 4 is 0 Å². The molecule has 0 heterocycles. The second-order valence-electron chi connectivity index (χ2n) is 7.38. The molecule has 25 heavy (non-hydrogen) atoms. The molecule has 0 radical (unpaired) electrons. The van der Waals surface area contributed by atoms with Crippen LogP contribution in [0, 0.1) is 0 Å². The van der Waals surface area contributed by atoms with E-state index in [9.17, 15) is 0 Å². The minimum absolute atomic E-state index is 0.590. The summed E-state index contributed by atoms with van der Waals surface area (Å²) in [6, 6.07) is 2.36. The van der Waals surface area contributed by atoms with Gasteiger partial charge in [0.05, 0.1) is 0 Å². The van der Waals surface area contributed by atoms with E-state index in [4.69, 9.17) is 0 Å². The van der Waals surface area contributed by atoms with Crippen LogP contribution in [0.1, 0.15) is 107 Å². The van der Waals surface area contributed by atoms with Gasteiger partial charge in [0.2, 0.25) is 0 Å². The fourth-order valence-electron chi connectivity index (χ4n) is 3.45. The quantitative estimate of drug-likeness (QED) is 0.217. The third kappa shape index (κ3) is 9.46. The molecule has 0 aromatic carbocycles. The van der Waals surface area contributed by atoms with E-state index in [1.54, 1.807) is 0 Å². The van der Waals surface area contributed by atoms with Crippen molar-refractivity contribution in [3.63, 3.8) is 0 Å². The fourth-order valence-corrected chi connectivity index (χ4v) is 19.9. The Morgan fingerprint density at radius 1 is 0.400 bits per heavy atom. The summed E-state index contributed by atoms with van der Waals surface area (Å²) < 4.78 is 16.6. The van der Waals surface area contributed by atoms with Crippen LogP contribution in [-0.2, 0) is 21.1 Å². The van der Waals surface area contributed by atoms with Crippen molar-refractivity contribution in [2.24, 2.45) is 0 Å². The van der Waals surface area contributed by atoms with E-state index in [0.29, 0.717) is 24.2 Å². The SMILES string of the molecule is CCC(CC)[NH][Hf]([NH]C(CC)CC)([NH]C(CC)CC)[NH]C(CC)CC. The zero-order valence-electron chi connectivity index (χ0n) is 18.5. The summed E-state index contributed by atoms with van der Waals surface area (Å²) in [5.41, 5.74) is 0. The van der Waals surface area contributed by atoms with Crippen molar-refractivity contribution in [3.8, 4) is 0 Å². The molecular weight excluding hydrogens is 475 g/mol. The third-order valence-electron chi connectivity index (χ3n) is 5.62. The molecule has 0 unspecified atom stereocenters. The average molecular weight is 523 g/mol. The molecule has 0 bridgehead atoms. The first-order valence-corrected chi connectivity index (χ1v) is 18.3. The molecule has 0 aliphatic heterocycles. The van der Waals surface area contributed by atoms with E-state index in [1.165, 1.54) is 51.4 Å². The molecule has 0 saturated heterocycles. The van der Waals surface area contributed by atoms with Gasteiger partial charge >= 0.3 is 165 Å². The fraction of sp³-hybridized carbons (Fsp3) is 1.00. The molecule has 0 aliphatic rings. The van der Waals surface area contributed by atoms with Crippen LogP contribution in [0.3, 0.4) is 0 Å². The van der Waals surface area contributed by atoms with Crippen molar-refractivity contribution in [1.29, 1.82) is 0 Å². The minimum atomic E-state index is -3.30. The van der Waals surface area contributed by atoms with Gasteiger partial charge in [-0.2, -0.15) is 0 Å². The van der Waals surface area contributed by atoms with Crippen molar-refractivity contribution in [2.75, 3.05) is 0 Å². The summed E-state index contributed by atoms with van der Waals surface area (Å²) in [5, 5.41) is 0. The van der Waals surface area contributed by atoms with Gasteiger partial charge in [0.15, 0.2) is 0 Å². The van der Waals surface area contributed by atoms with Crippen molar-refractivity contribution in [2.45, 2.75) is 131 Å². The van der Waals surface area contributed by atoms with Crippen LogP contribution in [-0.4, -0.2) is 24.2 Å². The van der Waals surface area contributed by atoms with Crippen molar-refractivity contribution in [3.05, 3.63) is 0 Å². The van der Waals surface area contributed by atoms with Crippen LogP contribution in [0.25, 0.3) is 0 Å². The summed E-state index contributed by atoms with van der Waals surface area (Å²) >= 11 is -3.30. The van der Waals surface area contributed by atoms with Crippen LogP contribution in [0.15, 0.2) is 0 Å². The number of rotatable bonds is 16. The molecule has 0 aromatic rings. The van der Waals surface area contributed by atoms with Gasteiger partial charge in [-0.15, -0.1) is 0 Å². The van der Waals surface area contributed by atoms with Gasteiger partial charge in [-0.3, -0.25) is 0 Å². The van der Waals surface area contributed by atoms with Crippen molar-refractivity contribution < 1.29 is 21.1 Å². The van der Waals surface area contributed by atoms with E-state index in [2.05, 4.69) is 68.6 Å². The van der Waals surface area contributed by atoms with Gasteiger partial charge in [-0.1, -0.05) is 0 Å².